The largest absolute Gasteiger partial charge is 0.395 e. The van der Waals surface area contributed by atoms with Crippen LogP contribution < -0.4 is 10.2 Å². The summed E-state index contributed by atoms with van der Waals surface area (Å²) in [6, 6.07) is 8.10. The Morgan fingerprint density at radius 2 is 2.39 bits per heavy atom. The third-order valence-electron chi connectivity index (χ3n) is 3.38. The Morgan fingerprint density at radius 1 is 1.56 bits per heavy atom. The van der Waals surface area contributed by atoms with E-state index in [2.05, 4.69) is 35.5 Å². The number of rotatable bonds is 4. The topological polar surface area (TPSA) is 59.3 Å². The molecule has 0 spiro atoms. The summed E-state index contributed by atoms with van der Waals surface area (Å²) in [5.74, 6) is 0. The van der Waals surface area contributed by atoms with Crippen LogP contribution in [0.4, 0.5) is 5.69 Å². The molecule has 0 aromatic heterocycles. The lowest BCUT2D eigenvalue weighted by Gasteiger charge is -2.28. The number of hydrogen-bond donors (Lipinski definition) is 2. The molecular formula is C14H19N3O. The molecule has 0 amide bonds. The highest BCUT2D eigenvalue weighted by atomic mass is 16.3. The van der Waals surface area contributed by atoms with Crippen molar-refractivity contribution in [3.63, 3.8) is 0 Å². The first-order valence-electron chi connectivity index (χ1n) is 6.34. The SMILES string of the molecule is CN1CCCc2cc(C(C#N)NCCO)ccc21. The first-order valence-corrected chi connectivity index (χ1v) is 6.34. The molecule has 0 radical (unpaired) electrons. The molecule has 1 aliphatic heterocycles. The van der Waals surface area contributed by atoms with Gasteiger partial charge >= 0.3 is 0 Å². The van der Waals surface area contributed by atoms with E-state index in [0.717, 1.165) is 24.9 Å². The van der Waals surface area contributed by atoms with E-state index in [1.54, 1.807) is 0 Å². The molecule has 18 heavy (non-hydrogen) atoms. The van der Waals surface area contributed by atoms with Gasteiger partial charge in [-0.15, -0.1) is 0 Å². The number of hydrogen-bond acceptors (Lipinski definition) is 4. The standard InChI is InChI=1S/C14H19N3O/c1-17-7-2-3-12-9-11(4-5-14(12)17)13(10-15)16-6-8-18/h4-5,9,13,16,18H,2-3,6-8H2,1H3. The van der Waals surface area contributed by atoms with Crippen LogP contribution in [0.3, 0.4) is 0 Å². The number of aliphatic hydroxyl groups excluding tert-OH is 1. The predicted octanol–water partition coefficient (Wildman–Crippen LogP) is 1.22. The van der Waals surface area contributed by atoms with Gasteiger partial charge in [-0.05, 0) is 30.0 Å². The lowest BCUT2D eigenvalue weighted by atomic mass is 9.97. The zero-order valence-electron chi connectivity index (χ0n) is 10.7. The Bertz CT molecular complexity index is 453. The molecule has 0 fully saturated rings. The van der Waals surface area contributed by atoms with Crippen LogP contribution in [0.15, 0.2) is 18.2 Å². The number of aliphatic hydroxyl groups is 1. The number of anilines is 1. The van der Waals surface area contributed by atoms with Gasteiger partial charge in [0.1, 0.15) is 6.04 Å². The molecule has 2 N–H and O–H groups in total. The summed E-state index contributed by atoms with van der Waals surface area (Å²) in [6.45, 7) is 1.58. The van der Waals surface area contributed by atoms with E-state index in [-0.39, 0.29) is 12.6 Å². The first kappa shape index (κ1) is 12.9. The Balaban J connectivity index is 2.22. The number of fused-ring (bicyclic) bond motifs is 1. The molecular weight excluding hydrogens is 226 g/mol. The van der Waals surface area contributed by atoms with Gasteiger partial charge in [-0.1, -0.05) is 12.1 Å². The van der Waals surface area contributed by atoms with E-state index in [1.165, 1.54) is 11.3 Å². The van der Waals surface area contributed by atoms with Crippen molar-refractivity contribution in [1.29, 1.82) is 5.26 Å². The molecule has 1 aliphatic rings. The molecule has 1 heterocycles. The molecule has 2 rings (SSSR count). The van der Waals surface area contributed by atoms with E-state index in [0.29, 0.717) is 6.54 Å². The van der Waals surface area contributed by atoms with Gasteiger partial charge in [-0.25, -0.2) is 0 Å². The molecule has 4 heteroatoms. The number of nitriles is 1. The van der Waals surface area contributed by atoms with Gasteiger partial charge < -0.3 is 10.0 Å². The minimum atomic E-state index is -0.338. The average Bonchev–Trinajstić information content (AvgIpc) is 2.40. The third-order valence-corrected chi connectivity index (χ3v) is 3.38. The van der Waals surface area contributed by atoms with Gasteiger partial charge in [0.2, 0.25) is 0 Å². The first-order chi connectivity index (χ1) is 8.76. The van der Waals surface area contributed by atoms with Crippen LogP contribution in [0, 0.1) is 11.3 Å². The Labute approximate surface area is 108 Å². The van der Waals surface area contributed by atoms with E-state index in [1.807, 2.05) is 6.07 Å². The maximum Gasteiger partial charge on any atom is 0.121 e. The second-order valence-electron chi connectivity index (χ2n) is 4.65. The second-order valence-corrected chi connectivity index (χ2v) is 4.65. The van der Waals surface area contributed by atoms with E-state index in [4.69, 9.17) is 10.4 Å². The minimum Gasteiger partial charge on any atom is -0.395 e. The van der Waals surface area contributed by atoms with Crippen molar-refractivity contribution < 1.29 is 5.11 Å². The summed E-state index contributed by atoms with van der Waals surface area (Å²) in [5, 5.41) is 21.0. The lowest BCUT2D eigenvalue weighted by Crippen LogP contribution is -2.26. The summed E-state index contributed by atoms with van der Waals surface area (Å²) in [6.07, 6.45) is 2.24. The highest BCUT2D eigenvalue weighted by Gasteiger charge is 2.16. The molecule has 1 unspecified atom stereocenters. The Hall–Kier alpha value is -1.57. The number of benzene rings is 1. The fourth-order valence-electron chi connectivity index (χ4n) is 2.43. The van der Waals surface area contributed by atoms with E-state index in [9.17, 15) is 0 Å². The molecule has 0 saturated carbocycles. The lowest BCUT2D eigenvalue weighted by molar-refractivity contribution is 0.289. The van der Waals surface area contributed by atoms with Crippen LogP contribution in [0.1, 0.15) is 23.6 Å². The van der Waals surface area contributed by atoms with Crippen molar-refractivity contribution in [1.82, 2.24) is 5.32 Å². The molecule has 96 valence electrons. The molecule has 0 aliphatic carbocycles. The summed E-state index contributed by atoms with van der Waals surface area (Å²) in [4.78, 5) is 2.26. The maximum absolute atomic E-state index is 9.16. The van der Waals surface area contributed by atoms with E-state index >= 15 is 0 Å². The van der Waals surface area contributed by atoms with Crippen molar-refractivity contribution in [2.24, 2.45) is 0 Å². The molecule has 0 saturated heterocycles. The smallest absolute Gasteiger partial charge is 0.121 e. The second kappa shape index (κ2) is 5.85. The quantitative estimate of drug-likeness (QED) is 0.837. The van der Waals surface area contributed by atoms with Crippen molar-refractivity contribution in [2.45, 2.75) is 18.9 Å². The summed E-state index contributed by atoms with van der Waals surface area (Å²) in [7, 11) is 2.10. The predicted molar refractivity (Wildman–Crippen MR) is 71.5 cm³/mol. The fraction of sp³-hybridized carbons (Fsp3) is 0.500. The normalized spacial score (nSPS) is 15.9. The van der Waals surface area contributed by atoms with Gasteiger partial charge in [0.25, 0.3) is 0 Å². The molecule has 1 aromatic rings. The van der Waals surface area contributed by atoms with Gasteiger partial charge in [-0.3, -0.25) is 5.32 Å². The van der Waals surface area contributed by atoms with Gasteiger partial charge in [0.15, 0.2) is 0 Å². The zero-order chi connectivity index (χ0) is 13.0. The molecule has 4 nitrogen and oxygen atoms in total. The van der Waals surface area contributed by atoms with Crippen molar-refractivity contribution in [2.75, 3.05) is 31.6 Å². The van der Waals surface area contributed by atoms with Gasteiger partial charge in [0, 0.05) is 25.8 Å². The monoisotopic (exact) mass is 245 g/mol. The zero-order valence-corrected chi connectivity index (χ0v) is 10.7. The highest BCUT2D eigenvalue weighted by molar-refractivity contribution is 5.56. The average molecular weight is 245 g/mol. The van der Waals surface area contributed by atoms with Gasteiger partial charge in [0.05, 0.1) is 12.7 Å². The van der Waals surface area contributed by atoms with E-state index < -0.39 is 0 Å². The molecule has 1 atom stereocenters. The minimum absolute atomic E-state index is 0.0475. The third kappa shape index (κ3) is 2.63. The number of aryl methyl sites for hydroxylation is 1. The summed E-state index contributed by atoms with van der Waals surface area (Å²) in [5.41, 5.74) is 3.57. The number of nitrogens with zero attached hydrogens (tertiary/aromatic N) is 2. The van der Waals surface area contributed by atoms with Crippen LogP contribution in [-0.4, -0.2) is 31.9 Å². The van der Waals surface area contributed by atoms with Crippen LogP contribution in [0.2, 0.25) is 0 Å². The number of nitrogens with one attached hydrogen (secondary N) is 1. The fourth-order valence-corrected chi connectivity index (χ4v) is 2.43. The van der Waals surface area contributed by atoms with Crippen molar-refractivity contribution in [3.8, 4) is 6.07 Å². The van der Waals surface area contributed by atoms with Crippen molar-refractivity contribution in [3.05, 3.63) is 29.3 Å². The maximum atomic E-state index is 9.16. The highest BCUT2D eigenvalue weighted by Crippen LogP contribution is 2.28. The van der Waals surface area contributed by atoms with Crippen LogP contribution >= 0.6 is 0 Å². The van der Waals surface area contributed by atoms with Gasteiger partial charge in [-0.2, -0.15) is 5.26 Å². The van der Waals surface area contributed by atoms with Crippen LogP contribution in [-0.2, 0) is 6.42 Å². The Morgan fingerprint density at radius 3 is 3.11 bits per heavy atom. The molecule has 1 aromatic carbocycles. The summed E-state index contributed by atoms with van der Waals surface area (Å²) < 4.78 is 0. The summed E-state index contributed by atoms with van der Waals surface area (Å²) >= 11 is 0. The van der Waals surface area contributed by atoms with Crippen molar-refractivity contribution >= 4 is 5.69 Å². The van der Waals surface area contributed by atoms with Crippen LogP contribution in [0.5, 0.6) is 0 Å². The molecule has 0 bridgehead atoms. The van der Waals surface area contributed by atoms with Crippen LogP contribution in [0.25, 0.3) is 0 Å². The Kier molecular flexibility index (Phi) is 4.19.